The zero-order valence-corrected chi connectivity index (χ0v) is 5.38. The molecule has 0 aromatic carbocycles. The van der Waals surface area contributed by atoms with E-state index in [1.54, 1.807) is 0 Å². The highest BCUT2D eigenvalue weighted by molar-refractivity contribution is 6.08. The molecule has 2 radical (unpaired) electrons. The van der Waals surface area contributed by atoms with Crippen LogP contribution in [0, 0.1) is 0 Å². The minimum atomic E-state index is -1.25. The van der Waals surface area contributed by atoms with Crippen LogP contribution >= 0.6 is 0 Å². The lowest BCUT2D eigenvalue weighted by Crippen LogP contribution is -2.26. The summed E-state index contributed by atoms with van der Waals surface area (Å²) in [4.78, 5) is 0. The van der Waals surface area contributed by atoms with E-state index in [2.05, 4.69) is 5.32 Å². The largest absolute Gasteiger partial charge is 0.367 e. The van der Waals surface area contributed by atoms with E-state index in [4.69, 9.17) is 18.1 Å². The van der Waals surface area contributed by atoms with Gasteiger partial charge in [-0.25, -0.2) is 0 Å². The Kier molecular flexibility index (Phi) is 6.03. The molecule has 0 bridgehead atoms. The third kappa shape index (κ3) is 7.94. The van der Waals surface area contributed by atoms with Gasteiger partial charge in [0, 0.05) is 6.54 Å². The third-order valence-electron chi connectivity index (χ3n) is 0.885. The smallest absolute Gasteiger partial charge is 0.164 e. The zero-order chi connectivity index (χ0) is 7.11. The van der Waals surface area contributed by atoms with Crippen molar-refractivity contribution in [1.29, 1.82) is 0 Å². The second-order valence-electron chi connectivity index (χ2n) is 1.83. The van der Waals surface area contributed by atoms with Crippen LogP contribution < -0.4 is 5.32 Å². The quantitative estimate of drug-likeness (QED) is 0.250. The van der Waals surface area contributed by atoms with E-state index in [0.717, 1.165) is 13.0 Å². The lowest BCUT2D eigenvalue weighted by Gasteiger charge is -2.03. The summed E-state index contributed by atoms with van der Waals surface area (Å²) < 4.78 is 0. The van der Waals surface area contributed by atoms with Crippen molar-refractivity contribution in [2.45, 2.75) is 19.0 Å². The molecule has 4 heteroatoms. The second-order valence-corrected chi connectivity index (χ2v) is 1.83. The molecule has 0 fully saturated rings. The molecule has 3 nitrogen and oxygen atoms in total. The van der Waals surface area contributed by atoms with Gasteiger partial charge in [0.25, 0.3) is 0 Å². The van der Waals surface area contributed by atoms with Crippen LogP contribution in [0.3, 0.4) is 0 Å². The molecule has 0 aliphatic carbocycles. The molecule has 0 aromatic heterocycles. The Morgan fingerprint density at radius 1 is 1.44 bits per heavy atom. The Morgan fingerprint density at radius 3 is 2.56 bits per heavy atom. The van der Waals surface area contributed by atoms with Crippen molar-refractivity contribution >= 4 is 7.85 Å². The van der Waals surface area contributed by atoms with E-state index in [-0.39, 0.29) is 6.54 Å². The van der Waals surface area contributed by atoms with Crippen molar-refractivity contribution in [3.05, 3.63) is 0 Å². The van der Waals surface area contributed by atoms with E-state index in [1.165, 1.54) is 0 Å². The highest BCUT2D eigenvalue weighted by Crippen LogP contribution is 1.79. The fourth-order valence-electron chi connectivity index (χ4n) is 0.458. The number of hydrogen-bond donors (Lipinski definition) is 3. The number of rotatable bonds is 5. The van der Waals surface area contributed by atoms with Crippen molar-refractivity contribution < 1.29 is 10.2 Å². The first-order valence-corrected chi connectivity index (χ1v) is 3.04. The van der Waals surface area contributed by atoms with E-state index in [9.17, 15) is 0 Å². The summed E-state index contributed by atoms with van der Waals surface area (Å²) in [5.41, 5.74) is 0. The van der Waals surface area contributed by atoms with Crippen LogP contribution in [-0.4, -0.2) is 37.4 Å². The molecule has 0 rings (SSSR count). The van der Waals surface area contributed by atoms with Crippen LogP contribution in [0.15, 0.2) is 0 Å². The Hall–Kier alpha value is -0.0551. The van der Waals surface area contributed by atoms with Gasteiger partial charge in [-0.3, -0.25) is 0 Å². The fourth-order valence-corrected chi connectivity index (χ4v) is 0.458. The van der Waals surface area contributed by atoms with Gasteiger partial charge in [0.15, 0.2) is 6.29 Å². The van der Waals surface area contributed by atoms with Crippen molar-refractivity contribution in [3.8, 4) is 0 Å². The lowest BCUT2D eigenvalue weighted by atomic mass is 10.0. The molecule has 0 aromatic rings. The maximum Gasteiger partial charge on any atom is 0.164 e. The predicted molar refractivity (Wildman–Crippen MR) is 36.3 cm³/mol. The first-order chi connectivity index (χ1) is 4.27. The van der Waals surface area contributed by atoms with Gasteiger partial charge < -0.3 is 15.5 Å². The Labute approximate surface area is 56.5 Å². The van der Waals surface area contributed by atoms with Crippen LogP contribution in [0.25, 0.3) is 0 Å². The minimum Gasteiger partial charge on any atom is -0.367 e. The number of aliphatic hydroxyl groups is 2. The van der Waals surface area contributed by atoms with Crippen molar-refractivity contribution in [2.75, 3.05) is 13.1 Å². The molecule has 0 saturated heterocycles. The van der Waals surface area contributed by atoms with Crippen molar-refractivity contribution in [3.63, 3.8) is 0 Å². The Bertz CT molecular complexity index is 60.9. The number of aliphatic hydroxyl groups excluding tert-OH is 1. The minimum absolute atomic E-state index is 0.222. The number of nitrogens with one attached hydrogen (secondary N) is 1. The maximum absolute atomic E-state index is 8.31. The molecule has 0 amide bonds. The molecule has 0 aliphatic heterocycles. The van der Waals surface area contributed by atoms with E-state index in [0.29, 0.717) is 6.32 Å². The van der Waals surface area contributed by atoms with E-state index >= 15 is 0 Å². The highest BCUT2D eigenvalue weighted by Gasteiger charge is 1.92. The molecule has 0 saturated carbocycles. The highest BCUT2D eigenvalue weighted by atomic mass is 16.5. The molecule has 52 valence electrons. The van der Waals surface area contributed by atoms with Gasteiger partial charge in [0.05, 0.1) is 7.85 Å². The summed E-state index contributed by atoms with van der Waals surface area (Å²) in [6, 6.07) is 0. The van der Waals surface area contributed by atoms with Crippen LogP contribution in [0.5, 0.6) is 0 Å². The second kappa shape index (κ2) is 6.07. The van der Waals surface area contributed by atoms with E-state index in [1.807, 2.05) is 0 Å². The van der Waals surface area contributed by atoms with Gasteiger partial charge in [-0.05, 0) is 13.0 Å². The Balaban J connectivity index is 2.75. The zero-order valence-electron chi connectivity index (χ0n) is 5.38. The fraction of sp³-hybridized carbons (Fsp3) is 1.00. The standard InChI is InChI=1S/C5H12BNO2/c6-2-1-3-7-4-5(8)9/h5,7-9H,1-4H2. The monoisotopic (exact) mass is 129 g/mol. The number of hydrogen-bond acceptors (Lipinski definition) is 3. The summed E-state index contributed by atoms with van der Waals surface area (Å²) in [5.74, 6) is 0. The van der Waals surface area contributed by atoms with Crippen LogP contribution in [0.2, 0.25) is 6.32 Å². The van der Waals surface area contributed by atoms with Crippen LogP contribution in [0.1, 0.15) is 6.42 Å². The first kappa shape index (κ1) is 8.94. The topological polar surface area (TPSA) is 52.5 Å². The summed E-state index contributed by atoms with van der Waals surface area (Å²) in [6.07, 6.45) is 0.254. The molecule has 0 spiro atoms. The Morgan fingerprint density at radius 2 is 2.11 bits per heavy atom. The van der Waals surface area contributed by atoms with Gasteiger partial charge in [-0.1, -0.05) is 6.32 Å². The molecule has 0 unspecified atom stereocenters. The molecular formula is C5H12BNO2. The van der Waals surface area contributed by atoms with Gasteiger partial charge in [0.1, 0.15) is 0 Å². The molecular weight excluding hydrogens is 117 g/mol. The first-order valence-electron chi connectivity index (χ1n) is 3.04. The molecule has 9 heavy (non-hydrogen) atoms. The normalized spacial score (nSPS) is 10.6. The summed E-state index contributed by atoms with van der Waals surface area (Å²) >= 11 is 0. The molecule has 3 N–H and O–H groups in total. The van der Waals surface area contributed by atoms with Gasteiger partial charge in [-0.2, -0.15) is 0 Å². The van der Waals surface area contributed by atoms with Crippen molar-refractivity contribution in [1.82, 2.24) is 5.32 Å². The predicted octanol–water partition coefficient (Wildman–Crippen LogP) is -1.14. The van der Waals surface area contributed by atoms with E-state index < -0.39 is 6.29 Å². The van der Waals surface area contributed by atoms with Gasteiger partial charge in [0.2, 0.25) is 0 Å². The summed E-state index contributed by atoms with van der Waals surface area (Å²) in [7, 11) is 5.18. The lowest BCUT2D eigenvalue weighted by molar-refractivity contribution is -0.0370. The summed E-state index contributed by atoms with van der Waals surface area (Å²) in [6.45, 7) is 0.966. The molecule has 0 atom stereocenters. The third-order valence-corrected chi connectivity index (χ3v) is 0.885. The van der Waals surface area contributed by atoms with Crippen LogP contribution in [0.4, 0.5) is 0 Å². The molecule has 0 aliphatic rings. The SMILES string of the molecule is [B]CCCNCC(O)O. The molecule has 0 heterocycles. The van der Waals surface area contributed by atoms with Gasteiger partial charge in [-0.15, -0.1) is 0 Å². The van der Waals surface area contributed by atoms with Gasteiger partial charge >= 0.3 is 0 Å². The van der Waals surface area contributed by atoms with Crippen molar-refractivity contribution in [2.24, 2.45) is 0 Å². The average Bonchev–Trinajstić information content (AvgIpc) is 1.80. The maximum atomic E-state index is 8.31. The summed E-state index contributed by atoms with van der Waals surface area (Å²) in [5, 5.41) is 19.4. The average molecular weight is 129 g/mol. The van der Waals surface area contributed by atoms with Crippen LogP contribution in [-0.2, 0) is 0 Å².